The second-order valence-electron chi connectivity index (χ2n) is 4.69. The summed E-state index contributed by atoms with van der Waals surface area (Å²) in [6.45, 7) is 0.415. The Hall–Kier alpha value is -2.53. The first-order valence-corrected chi connectivity index (χ1v) is 6.77. The number of para-hydroxylation sites is 1. The molecule has 0 saturated carbocycles. The smallest absolute Gasteiger partial charge is 0.146 e. The van der Waals surface area contributed by atoms with Gasteiger partial charge >= 0.3 is 0 Å². The molecule has 0 atom stereocenters. The number of fused-ring (bicyclic) bond motifs is 1. The Morgan fingerprint density at radius 1 is 1.19 bits per heavy atom. The molecule has 0 amide bonds. The highest BCUT2D eigenvalue weighted by Gasteiger charge is 2.10. The summed E-state index contributed by atoms with van der Waals surface area (Å²) in [4.78, 5) is 10.8. The molecule has 0 radical (unpaired) electrons. The molecular weight excluding hydrogens is 266 g/mol. The Balaban J connectivity index is 1.98. The predicted octanol–water partition coefficient (Wildman–Crippen LogP) is 2.58. The second kappa shape index (κ2) is 5.85. The second-order valence-corrected chi connectivity index (χ2v) is 4.69. The molecule has 3 rings (SSSR count). The van der Waals surface area contributed by atoms with Crippen molar-refractivity contribution >= 4 is 17.1 Å². The summed E-state index contributed by atoms with van der Waals surface area (Å²) < 4.78 is 5.35. The number of methoxy groups -OCH3 is 1. The van der Waals surface area contributed by atoms with Crippen LogP contribution in [0.25, 0.3) is 22.3 Å². The van der Waals surface area contributed by atoms with E-state index in [0.717, 1.165) is 33.7 Å². The van der Waals surface area contributed by atoms with Gasteiger partial charge in [0.05, 0.1) is 37.3 Å². The zero-order chi connectivity index (χ0) is 14.7. The highest BCUT2D eigenvalue weighted by Crippen LogP contribution is 2.28. The van der Waals surface area contributed by atoms with Crippen molar-refractivity contribution in [2.45, 2.75) is 0 Å². The van der Waals surface area contributed by atoms with Gasteiger partial charge in [-0.3, -0.25) is 4.99 Å². The van der Waals surface area contributed by atoms with Crippen LogP contribution in [0.15, 0.2) is 41.4 Å². The van der Waals surface area contributed by atoms with E-state index in [4.69, 9.17) is 9.84 Å². The number of aliphatic hydroxyl groups excluding tert-OH is 1. The van der Waals surface area contributed by atoms with E-state index in [0.29, 0.717) is 6.54 Å². The Morgan fingerprint density at radius 2 is 2.00 bits per heavy atom. The van der Waals surface area contributed by atoms with Gasteiger partial charge in [0, 0.05) is 23.2 Å². The van der Waals surface area contributed by atoms with Crippen molar-refractivity contribution in [3.8, 4) is 17.1 Å². The van der Waals surface area contributed by atoms with Gasteiger partial charge in [-0.1, -0.05) is 18.2 Å². The van der Waals surface area contributed by atoms with E-state index in [-0.39, 0.29) is 6.61 Å². The molecule has 0 fully saturated rings. The summed E-state index contributed by atoms with van der Waals surface area (Å²) in [6.07, 6.45) is 1.68. The van der Waals surface area contributed by atoms with Crippen LogP contribution in [-0.4, -0.2) is 41.6 Å². The number of aliphatic imine (C=N–C) groups is 1. The van der Waals surface area contributed by atoms with Crippen molar-refractivity contribution in [1.29, 1.82) is 0 Å². The van der Waals surface area contributed by atoms with Crippen molar-refractivity contribution in [2.75, 3.05) is 20.3 Å². The van der Waals surface area contributed by atoms with E-state index in [1.165, 1.54) is 0 Å². The molecule has 108 valence electrons. The Bertz CT molecular complexity index is 738. The average molecular weight is 283 g/mol. The quantitative estimate of drug-likeness (QED) is 0.630. The molecule has 3 aromatic rings. The minimum absolute atomic E-state index is 0.0361. The van der Waals surface area contributed by atoms with Gasteiger partial charge < -0.3 is 19.8 Å². The Labute approximate surface area is 122 Å². The molecule has 21 heavy (non-hydrogen) atoms. The average Bonchev–Trinajstić information content (AvgIpc) is 3.10. The zero-order valence-corrected chi connectivity index (χ0v) is 11.8. The number of aliphatic hydroxyl groups is 1. The molecule has 0 saturated heterocycles. The van der Waals surface area contributed by atoms with E-state index in [9.17, 15) is 0 Å². The molecule has 0 aliphatic rings. The first-order valence-electron chi connectivity index (χ1n) is 6.77. The van der Waals surface area contributed by atoms with Crippen LogP contribution in [0.2, 0.25) is 0 Å². The number of hydrogen-bond acceptors (Lipinski definition) is 3. The number of aromatic amines is 2. The van der Waals surface area contributed by atoms with Crippen molar-refractivity contribution in [2.24, 2.45) is 4.99 Å². The largest absolute Gasteiger partial charge is 0.494 e. The number of ether oxygens (including phenoxy) is 1. The monoisotopic (exact) mass is 283 g/mol. The summed E-state index contributed by atoms with van der Waals surface area (Å²) in [5.74, 6) is 0.727. The number of nitrogens with zero attached hydrogens (tertiary/aromatic N) is 1. The summed E-state index contributed by atoms with van der Waals surface area (Å²) in [6, 6.07) is 12.2. The lowest BCUT2D eigenvalue weighted by molar-refractivity contribution is 0.307. The first kappa shape index (κ1) is 13.5. The molecule has 0 unspecified atom stereocenters. The molecule has 2 heterocycles. The molecular formula is C16H17N3O2. The maximum absolute atomic E-state index is 8.77. The number of rotatable bonds is 5. The van der Waals surface area contributed by atoms with Gasteiger partial charge in [-0.05, 0) is 12.1 Å². The molecule has 0 spiro atoms. The normalized spacial score (nSPS) is 11.5. The van der Waals surface area contributed by atoms with Crippen molar-refractivity contribution in [1.82, 2.24) is 9.97 Å². The standard InChI is InChI=1S/C16H17N3O2/c1-21-16-9-14(19-15(16)10-17-6-7-20)13-8-11-4-2-3-5-12(11)18-13/h2-5,8-10,18-20H,6-7H2,1H3. The molecule has 5 nitrogen and oxygen atoms in total. The van der Waals surface area contributed by atoms with Gasteiger partial charge in [-0.15, -0.1) is 0 Å². The van der Waals surface area contributed by atoms with Crippen LogP contribution in [0.1, 0.15) is 5.69 Å². The van der Waals surface area contributed by atoms with E-state index in [1.54, 1.807) is 13.3 Å². The molecule has 0 bridgehead atoms. The molecule has 0 aliphatic carbocycles. The molecule has 3 N–H and O–H groups in total. The highest BCUT2D eigenvalue weighted by molar-refractivity contribution is 5.88. The van der Waals surface area contributed by atoms with E-state index >= 15 is 0 Å². The molecule has 2 aromatic heterocycles. The lowest BCUT2D eigenvalue weighted by Crippen LogP contribution is -1.92. The van der Waals surface area contributed by atoms with Gasteiger partial charge in [0.15, 0.2) is 0 Å². The first-order chi connectivity index (χ1) is 10.3. The summed E-state index contributed by atoms with van der Waals surface area (Å²) in [5, 5.41) is 9.94. The minimum Gasteiger partial charge on any atom is -0.494 e. The van der Waals surface area contributed by atoms with Crippen LogP contribution >= 0.6 is 0 Å². The van der Waals surface area contributed by atoms with E-state index < -0.39 is 0 Å². The maximum atomic E-state index is 8.77. The summed E-state index contributed by atoms with van der Waals surface area (Å²) in [7, 11) is 1.63. The molecule has 1 aromatic carbocycles. The fourth-order valence-corrected chi connectivity index (χ4v) is 2.29. The number of aromatic nitrogens is 2. The minimum atomic E-state index is 0.0361. The third kappa shape index (κ3) is 2.68. The molecule has 0 aliphatic heterocycles. The van der Waals surface area contributed by atoms with Crippen LogP contribution in [-0.2, 0) is 0 Å². The van der Waals surface area contributed by atoms with Gasteiger partial charge in [-0.2, -0.15) is 0 Å². The Kier molecular flexibility index (Phi) is 3.75. The van der Waals surface area contributed by atoms with Crippen molar-refractivity contribution in [3.63, 3.8) is 0 Å². The third-order valence-electron chi connectivity index (χ3n) is 3.30. The van der Waals surface area contributed by atoms with Crippen molar-refractivity contribution in [3.05, 3.63) is 42.1 Å². The van der Waals surface area contributed by atoms with E-state index in [2.05, 4.69) is 27.1 Å². The number of benzene rings is 1. The highest BCUT2D eigenvalue weighted by atomic mass is 16.5. The zero-order valence-electron chi connectivity index (χ0n) is 11.8. The van der Waals surface area contributed by atoms with Crippen LogP contribution in [0.3, 0.4) is 0 Å². The van der Waals surface area contributed by atoms with Gasteiger partial charge in [0.2, 0.25) is 0 Å². The number of nitrogens with one attached hydrogen (secondary N) is 2. The fraction of sp³-hybridized carbons (Fsp3) is 0.188. The summed E-state index contributed by atoms with van der Waals surface area (Å²) >= 11 is 0. The third-order valence-corrected chi connectivity index (χ3v) is 3.30. The van der Waals surface area contributed by atoms with Gasteiger partial charge in [0.1, 0.15) is 5.75 Å². The van der Waals surface area contributed by atoms with Crippen LogP contribution in [0, 0.1) is 0 Å². The number of H-pyrrole nitrogens is 2. The Morgan fingerprint density at radius 3 is 2.76 bits per heavy atom. The summed E-state index contributed by atoms with van der Waals surface area (Å²) in [5.41, 5.74) is 3.82. The van der Waals surface area contributed by atoms with Gasteiger partial charge in [0.25, 0.3) is 0 Å². The van der Waals surface area contributed by atoms with Crippen LogP contribution < -0.4 is 4.74 Å². The number of hydrogen-bond donors (Lipinski definition) is 3. The predicted molar refractivity (Wildman–Crippen MR) is 84.2 cm³/mol. The van der Waals surface area contributed by atoms with Crippen LogP contribution in [0.5, 0.6) is 5.75 Å². The lowest BCUT2D eigenvalue weighted by atomic mass is 10.2. The SMILES string of the molecule is COc1cc(-c2cc3ccccc3[nH]2)[nH]c1C=NCCO. The van der Waals surface area contributed by atoms with Crippen LogP contribution in [0.4, 0.5) is 0 Å². The van der Waals surface area contributed by atoms with Gasteiger partial charge in [-0.25, -0.2) is 0 Å². The van der Waals surface area contributed by atoms with E-state index in [1.807, 2.05) is 24.3 Å². The van der Waals surface area contributed by atoms with Crippen molar-refractivity contribution < 1.29 is 9.84 Å². The fourth-order valence-electron chi connectivity index (χ4n) is 2.29. The molecule has 5 heteroatoms. The maximum Gasteiger partial charge on any atom is 0.146 e. The lowest BCUT2D eigenvalue weighted by Gasteiger charge is -1.95. The topological polar surface area (TPSA) is 73.4 Å².